The van der Waals surface area contributed by atoms with Crippen LogP contribution in [0.5, 0.6) is 5.75 Å². The lowest BCUT2D eigenvalue weighted by molar-refractivity contribution is 0.419. The summed E-state index contributed by atoms with van der Waals surface area (Å²) in [6, 6.07) is 17.3. The smallest absolute Gasteiger partial charge is 0.379 e. The molecule has 0 aliphatic carbocycles. The monoisotopic (exact) mass is 323 g/mol. The van der Waals surface area contributed by atoms with Gasteiger partial charge in [0.2, 0.25) is 5.75 Å². The number of rotatable bonds is 2. The largest absolute Gasteiger partial charge is 0.501 e. The maximum Gasteiger partial charge on any atom is 0.379 e. The van der Waals surface area contributed by atoms with E-state index in [1.807, 2.05) is 12.1 Å². The van der Waals surface area contributed by atoms with E-state index in [2.05, 4.69) is 0 Å². The summed E-state index contributed by atoms with van der Waals surface area (Å²) in [5.41, 5.74) is 0.424. The van der Waals surface area contributed by atoms with Gasteiger partial charge in [0.1, 0.15) is 11.6 Å². The summed E-state index contributed by atoms with van der Waals surface area (Å²) < 4.78 is 5.15. The van der Waals surface area contributed by atoms with Crippen LogP contribution in [-0.2, 0) is 0 Å². The van der Waals surface area contributed by atoms with Gasteiger partial charge in [-0.25, -0.2) is 4.79 Å². The first kappa shape index (κ1) is 14.9. The highest BCUT2D eigenvalue weighted by molar-refractivity contribution is 6.30. The Morgan fingerprint density at radius 2 is 1.65 bits per heavy atom. The number of hydrogen-bond acceptors (Lipinski definition) is 4. The molecule has 0 aliphatic heterocycles. The van der Waals surface area contributed by atoms with Crippen molar-refractivity contribution >= 4 is 11.6 Å². The highest BCUT2D eigenvalue weighted by Gasteiger charge is 2.21. The Balaban J connectivity index is 2.36. The molecular weight excluding hydrogens is 314 g/mol. The Hall–Kier alpha value is -3.03. The Kier molecular flexibility index (Phi) is 3.88. The molecule has 0 radical (unpaired) electrons. The van der Waals surface area contributed by atoms with E-state index >= 15 is 0 Å². The van der Waals surface area contributed by atoms with E-state index in [1.54, 1.807) is 48.5 Å². The van der Waals surface area contributed by atoms with Crippen molar-refractivity contribution in [2.45, 2.75) is 0 Å². The summed E-state index contributed by atoms with van der Waals surface area (Å²) in [4.78, 5) is 12.0. The van der Waals surface area contributed by atoms with Gasteiger partial charge in [-0.05, 0) is 17.7 Å². The first-order chi connectivity index (χ1) is 11.1. The normalized spacial score (nSPS) is 10.3. The second-order valence-electron chi connectivity index (χ2n) is 4.80. The zero-order chi connectivity index (χ0) is 16.4. The van der Waals surface area contributed by atoms with Crippen molar-refractivity contribution in [3.8, 4) is 34.3 Å². The molecule has 23 heavy (non-hydrogen) atoms. The van der Waals surface area contributed by atoms with E-state index in [9.17, 15) is 15.2 Å². The zero-order valence-electron chi connectivity index (χ0n) is 11.8. The third kappa shape index (κ3) is 2.70. The molecule has 0 fully saturated rings. The molecule has 5 heteroatoms. The Morgan fingerprint density at radius 3 is 2.26 bits per heavy atom. The van der Waals surface area contributed by atoms with Gasteiger partial charge in [-0.3, -0.25) is 0 Å². The van der Waals surface area contributed by atoms with Crippen LogP contribution in [0.15, 0.2) is 63.8 Å². The van der Waals surface area contributed by atoms with Crippen LogP contribution in [0.3, 0.4) is 0 Å². The van der Waals surface area contributed by atoms with Gasteiger partial charge < -0.3 is 9.52 Å². The topological polar surface area (TPSA) is 74.2 Å². The van der Waals surface area contributed by atoms with E-state index in [1.165, 1.54) is 0 Å². The standard InChI is InChI=1S/C18H10ClNO3/c19-13-8-6-11(7-9-13)15-14(10-20)17(23-18(22)16(15)21)12-4-2-1-3-5-12/h1-9,21H. The molecule has 0 amide bonds. The molecule has 0 bridgehead atoms. The van der Waals surface area contributed by atoms with Crippen molar-refractivity contribution in [3.63, 3.8) is 0 Å². The first-order valence-electron chi connectivity index (χ1n) is 6.73. The molecule has 112 valence electrons. The Labute approximate surface area is 136 Å². The van der Waals surface area contributed by atoms with Gasteiger partial charge in [0.05, 0.1) is 5.56 Å². The van der Waals surface area contributed by atoms with Gasteiger partial charge in [0.25, 0.3) is 0 Å². The second-order valence-corrected chi connectivity index (χ2v) is 5.24. The molecule has 0 saturated carbocycles. The van der Waals surface area contributed by atoms with Crippen LogP contribution in [0.4, 0.5) is 0 Å². The molecular formula is C18H10ClNO3. The summed E-state index contributed by atoms with van der Waals surface area (Å²) in [6.07, 6.45) is 0. The summed E-state index contributed by atoms with van der Waals surface area (Å²) >= 11 is 5.86. The maximum atomic E-state index is 12.0. The summed E-state index contributed by atoms with van der Waals surface area (Å²) in [7, 11) is 0. The Bertz CT molecular complexity index is 955. The van der Waals surface area contributed by atoms with E-state index in [4.69, 9.17) is 16.0 Å². The molecule has 4 nitrogen and oxygen atoms in total. The Morgan fingerprint density at radius 1 is 1.00 bits per heavy atom. The fourth-order valence-corrected chi connectivity index (χ4v) is 2.45. The van der Waals surface area contributed by atoms with Crippen LogP contribution in [0.2, 0.25) is 5.02 Å². The summed E-state index contributed by atoms with van der Waals surface area (Å²) in [5, 5.41) is 20.2. The van der Waals surface area contributed by atoms with Crippen LogP contribution in [0, 0.1) is 11.3 Å². The van der Waals surface area contributed by atoms with Gasteiger partial charge in [0.15, 0.2) is 5.76 Å². The van der Waals surface area contributed by atoms with Crippen molar-refractivity contribution in [1.29, 1.82) is 5.26 Å². The minimum absolute atomic E-state index is 0.0932. The average molecular weight is 324 g/mol. The quantitative estimate of drug-likeness (QED) is 0.766. The van der Waals surface area contributed by atoms with Crippen molar-refractivity contribution in [1.82, 2.24) is 0 Å². The van der Waals surface area contributed by atoms with Crippen LogP contribution >= 0.6 is 11.6 Å². The average Bonchev–Trinajstić information content (AvgIpc) is 2.58. The second kappa shape index (κ2) is 5.99. The van der Waals surface area contributed by atoms with E-state index < -0.39 is 11.4 Å². The van der Waals surface area contributed by atoms with E-state index in [-0.39, 0.29) is 16.9 Å². The predicted molar refractivity (Wildman–Crippen MR) is 87.2 cm³/mol. The molecule has 1 N–H and O–H groups in total. The van der Waals surface area contributed by atoms with Gasteiger partial charge >= 0.3 is 5.63 Å². The molecule has 3 aromatic rings. The van der Waals surface area contributed by atoms with E-state index in [0.29, 0.717) is 16.1 Å². The number of nitrogens with zero attached hydrogens (tertiary/aromatic N) is 1. The van der Waals surface area contributed by atoms with Crippen LogP contribution in [-0.4, -0.2) is 5.11 Å². The number of hydrogen-bond donors (Lipinski definition) is 1. The van der Waals surface area contributed by atoms with Crippen LogP contribution in [0.1, 0.15) is 5.56 Å². The number of benzene rings is 2. The lowest BCUT2D eigenvalue weighted by Gasteiger charge is -2.10. The van der Waals surface area contributed by atoms with Crippen molar-refractivity contribution < 1.29 is 9.52 Å². The molecule has 0 spiro atoms. The SMILES string of the molecule is N#Cc1c(-c2ccccc2)oc(=O)c(O)c1-c1ccc(Cl)cc1. The maximum absolute atomic E-state index is 12.0. The van der Waals surface area contributed by atoms with Gasteiger partial charge in [-0.1, -0.05) is 54.1 Å². The van der Waals surface area contributed by atoms with Gasteiger partial charge in [0, 0.05) is 10.6 Å². The number of nitriles is 1. The molecule has 0 saturated heterocycles. The van der Waals surface area contributed by atoms with Crippen LogP contribution in [0.25, 0.3) is 22.5 Å². The van der Waals surface area contributed by atoms with Gasteiger partial charge in [-0.15, -0.1) is 0 Å². The molecule has 2 aromatic carbocycles. The fourth-order valence-electron chi connectivity index (χ4n) is 2.32. The molecule has 0 unspecified atom stereocenters. The van der Waals surface area contributed by atoms with Crippen LogP contribution < -0.4 is 5.63 Å². The third-order valence-corrected chi connectivity index (χ3v) is 3.63. The lowest BCUT2D eigenvalue weighted by atomic mass is 9.97. The van der Waals surface area contributed by atoms with Crippen molar-refractivity contribution in [2.75, 3.05) is 0 Å². The van der Waals surface area contributed by atoms with E-state index in [0.717, 1.165) is 0 Å². The minimum atomic E-state index is -0.896. The minimum Gasteiger partial charge on any atom is -0.501 e. The number of halogens is 1. The molecule has 0 aliphatic rings. The van der Waals surface area contributed by atoms with Crippen molar-refractivity contribution in [3.05, 3.63) is 75.6 Å². The summed E-state index contributed by atoms with van der Waals surface area (Å²) in [6.45, 7) is 0. The lowest BCUT2D eigenvalue weighted by Crippen LogP contribution is -2.04. The highest BCUT2D eigenvalue weighted by atomic mass is 35.5. The molecule has 3 rings (SSSR count). The van der Waals surface area contributed by atoms with Crippen molar-refractivity contribution in [2.24, 2.45) is 0 Å². The summed E-state index contributed by atoms with van der Waals surface area (Å²) in [5.74, 6) is -0.468. The zero-order valence-corrected chi connectivity index (χ0v) is 12.5. The molecule has 1 aromatic heterocycles. The highest BCUT2D eigenvalue weighted by Crippen LogP contribution is 2.36. The molecule has 0 atom stereocenters. The number of aromatic hydroxyl groups is 1. The fraction of sp³-hybridized carbons (Fsp3) is 0. The molecule has 1 heterocycles. The third-order valence-electron chi connectivity index (χ3n) is 3.38. The predicted octanol–water partition coefficient (Wildman–Crippen LogP) is 4.20. The first-order valence-corrected chi connectivity index (χ1v) is 7.11. The van der Waals surface area contributed by atoms with Gasteiger partial charge in [-0.2, -0.15) is 5.26 Å².